The summed E-state index contributed by atoms with van der Waals surface area (Å²) in [5.41, 5.74) is 0.601. The smallest absolute Gasteiger partial charge is 0.321 e. The third-order valence-corrected chi connectivity index (χ3v) is 3.15. The highest BCUT2D eigenvalue weighted by Gasteiger charge is 2.15. The first-order chi connectivity index (χ1) is 10.5. The van der Waals surface area contributed by atoms with E-state index < -0.39 is 12.1 Å². The Morgan fingerprint density at radius 2 is 2.09 bits per heavy atom. The van der Waals surface area contributed by atoms with E-state index in [1.165, 1.54) is 35.3 Å². The fourth-order valence-corrected chi connectivity index (χ4v) is 1.99. The number of hydrogen-bond donors (Lipinski definition) is 3. The number of aromatic nitrogens is 3. The zero-order valence-electron chi connectivity index (χ0n) is 12.3. The van der Waals surface area contributed by atoms with E-state index in [2.05, 4.69) is 20.7 Å². The van der Waals surface area contributed by atoms with Gasteiger partial charge in [0, 0.05) is 13.1 Å². The lowest BCUT2D eigenvalue weighted by Crippen LogP contribution is -2.37. The number of benzene rings is 1. The van der Waals surface area contributed by atoms with Crippen molar-refractivity contribution in [3.63, 3.8) is 0 Å². The molecule has 0 aliphatic rings. The summed E-state index contributed by atoms with van der Waals surface area (Å²) < 4.78 is 14.3. The standard InChI is InChI=1S/C14H18FN5O2/c1-9(7-12(21)10-3-5-11(15)6-4-10)18-14(22)19-13-16-8-17-20(13)2/h3-6,8-9,12,21H,7H2,1-2H3,(H2,16,17,18,19,22). The number of nitrogens with zero attached hydrogens (tertiary/aromatic N) is 3. The van der Waals surface area contributed by atoms with Crippen molar-refractivity contribution in [1.29, 1.82) is 0 Å². The maximum atomic E-state index is 12.8. The Labute approximate surface area is 127 Å². The fourth-order valence-electron chi connectivity index (χ4n) is 1.99. The van der Waals surface area contributed by atoms with Crippen LogP contribution in [0.1, 0.15) is 25.0 Å². The Bertz CT molecular complexity index is 628. The van der Waals surface area contributed by atoms with Gasteiger partial charge in [0.05, 0.1) is 6.10 Å². The molecule has 0 saturated carbocycles. The van der Waals surface area contributed by atoms with Crippen LogP contribution < -0.4 is 10.6 Å². The number of amides is 2. The highest BCUT2D eigenvalue weighted by atomic mass is 19.1. The maximum absolute atomic E-state index is 12.8. The summed E-state index contributed by atoms with van der Waals surface area (Å²) in [5, 5.41) is 19.2. The first-order valence-corrected chi connectivity index (χ1v) is 6.80. The molecule has 7 nitrogen and oxygen atoms in total. The van der Waals surface area contributed by atoms with Crippen LogP contribution in [-0.4, -0.2) is 31.9 Å². The SMILES string of the molecule is CC(CC(O)c1ccc(F)cc1)NC(=O)Nc1ncnn1C. The average Bonchev–Trinajstić information content (AvgIpc) is 2.84. The van der Waals surface area contributed by atoms with E-state index in [-0.39, 0.29) is 11.9 Å². The van der Waals surface area contributed by atoms with Gasteiger partial charge in [0.15, 0.2) is 0 Å². The highest BCUT2D eigenvalue weighted by Crippen LogP contribution is 2.18. The van der Waals surface area contributed by atoms with Crippen LogP contribution >= 0.6 is 0 Å². The number of aryl methyl sites for hydroxylation is 1. The molecule has 0 fully saturated rings. The van der Waals surface area contributed by atoms with Gasteiger partial charge in [-0.25, -0.2) is 13.9 Å². The van der Waals surface area contributed by atoms with Gasteiger partial charge in [0.25, 0.3) is 0 Å². The second kappa shape index (κ2) is 6.99. The second-order valence-corrected chi connectivity index (χ2v) is 5.01. The summed E-state index contributed by atoms with van der Waals surface area (Å²) >= 11 is 0. The topological polar surface area (TPSA) is 92.1 Å². The van der Waals surface area contributed by atoms with Crippen molar-refractivity contribution in [1.82, 2.24) is 20.1 Å². The van der Waals surface area contributed by atoms with E-state index in [1.807, 2.05) is 0 Å². The number of halogens is 1. The zero-order valence-corrected chi connectivity index (χ0v) is 12.3. The van der Waals surface area contributed by atoms with Crippen molar-refractivity contribution in [3.8, 4) is 0 Å². The lowest BCUT2D eigenvalue weighted by molar-refractivity contribution is 0.155. The molecule has 1 aromatic heterocycles. The minimum Gasteiger partial charge on any atom is -0.388 e. The Morgan fingerprint density at radius 1 is 1.41 bits per heavy atom. The van der Waals surface area contributed by atoms with Gasteiger partial charge in [-0.1, -0.05) is 12.1 Å². The summed E-state index contributed by atoms with van der Waals surface area (Å²) in [5.74, 6) is -0.0334. The van der Waals surface area contributed by atoms with E-state index in [9.17, 15) is 14.3 Å². The molecule has 0 aliphatic heterocycles. The Balaban J connectivity index is 1.84. The van der Waals surface area contributed by atoms with Crippen molar-refractivity contribution in [3.05, 3.63) is 42.0 Å². The number of aliphatic hydroxyl groups excluding tert-OH is 1. The summed E-state index contributed by atoms with van der Waals surface area (Å²) in [7, 11) is 1.66. The molecule has 118 valence electrons. The van der Waals surface area contributed by atoms with E-state index in [0.29, 0.717) is 17.9 Å². The average molecular weight is 307 g/mol. The van der Waals surface area contributed by atoms with E-state index in [0.717, 1.165) is 0 Å². The normalized spacial score (nSPS) is 13.5. The molecule has 8 heteroatoms. The fraction of sp³-hybridized carbons (Fsp3) is 0.357. The molecular weight excluding hydrogens is 289 g/mol. The lowest BCUT2D eigenvalue weighted by Gasteiger charge is -2.18. The number of carbonyl (C=O) groups excluding carboxylic acids is 1. The molecule has 0 aliphatic carbocycles. The van der Waals surface area contributed by atoms with Crippen LogP contribution in [0.5, 0.6) is 0 Å². The van der Waals surface area contributed by atoms with Gasteiger partial charge in [-0.05, 0) is 31.0 Å². The number of hydrogen-bond acceptors (Lipinski definition) is 4. The Morgan fingerprint density at radius 3 is 2.68 bits per heavy atom. The predicted octanol–water partition coefficient (Wildman–Crippen LogP) is 1.59. The molecule has 0 spiro atoms. The van der Waals surface area contributed by atoms with Crippen LogP contribution in [0, 0.1) is 5.82 Å². The van der Waals surface area contributed by atoms with Crippen LogP contribution in [0.4, 0.5) is 15.1 Å². The van der Waals surface area contributed by atoms with Gasteiger partial charge < -0.3 is 10.4 Å². The van der Waals surface area contributed by atoms with Crippen LogP contribution in [0.25, 0.3) is 0 Å². The van der Waals surface area contributed by atoms with Gasteiger partial charge in [-0.15, -0.1) is 0 Å². The predicted molar refractivity (Wildman–Crippen MR) is 78.6 cm³/mol. The van der Waals surface area contributed by atoms with Gasteiger partial charge in [0.2, 0.25) is 5.95 Å². The number of anilines is 1. The second-order valence-electron chi connectivity index (χ2n) is 5.01. The molecule has 0 radical (unpaired) electrons. The first kappa shape index (κ1) is 15.9. The molecule has 2 amide bonds. The van der Waals surface area contributed by atoms with E-state index in [1.54, 1.807) is 14.0 Å². The highest BCUT2D eigenvalue weighted by molar-refractivity contribution is 5.87. The number of rotatable bonds is 5. The third-order valence-electron chi connectivity index (χ3n) is 3.15. The largest absolute Gasteiger partial charge is 0.388 e. The van der Waals surface area contributed by atoms with Crippen LogP contribution in [0.2, 0.25) is 0 Å². The van der Waals surface area contributed by atoms with Gasteiger partial charge in [-0.3, -0.25) is 5.32 Å². The molecule has 0 saturated heterocycles. The minimum atomic E-state index is -0.786. The van der Waals surface area contributed by atoms with Crippen molar-refractivity contribution in [2.24, 2.45) is 7.05 Å². The van der Waals surface area contributed by atoms with Gasteiger partial charge >= 0.3 is 6.03 Å². The van der Waals surface area contributed by atoms with E-state index >= 15 is 0 Å². The van der Waals surface area contributed by atoms with Crippen LogP contribution in [-0.2, 0) is 7.05 Å². The molecular formula is C14H18FN5O2. The molecule has 0 bridgehead atoms. The molecule has 1 aromatic carbocycles. The Hall–Kier alpha value is -2.48. The number of carbonyl (C=O) groups is 1. The molecule has 2 aromatic rings. The maximum Gasteiger partial charge on any atom is 0.321 e. The zero-order chi connectivity index (χ0) is 16.1. The quantitative estimate of drug-likeness (QED) is 0.782. The van der Waals surface area contributed by atoms with Gasteiger partial charge in [0.1, 0.15) is 12.1 Å². The monoisotopic (exact) mass is 307 g/mol. The molecule has 3 N–H and O–H groups in total. The molecule has 22 heavy (non-hydrogen) atoms. The van der Waals surface area contributed by atoms with Gasteiger partial charge in [-0.2, -0.15) is 10.1 Å². The summed E-state index contributed by atoms with van der Waals surface area (Å²) in [4.78, 5) is 15.7. The summed E-state index contributed by atoms with van der Waals surface area (Å²) in [6.07, 6.45) is 0.848. The summed E-state index contributed by atoms with van der Waals surface area (Å²) in [6.45, 7) is 1.77. The van der Waals surface area contributed by atoms with Crippen molar-refractivity contribution in [2.75, 3.05) is 5.32 Å². The third kappa shape index (κ3) is 4.26. The number of nitrogens with one attached hydrogen (secondary N) is 2. The lowest BCUT2D eigenvalue weighted by atomic mass is 10.0. The van der Waals surface area contributed by atoms with E-state index in [4.69, 9.17) is 0 Å². The molecule has 2 atom stereocenters. The van der Waals surface area contributed by atoms with Crippen molar-refractivity contribution < 1.29 is 14.3 Å². The van der Waals surface area contributed by atoms with Crippen LogP contribution in [0.15, 0.2) is 30.6 Å². The minimum absolute atomic E-state index is 0.284. The first-order valence-electron chi connectivity index (χ1n) is 6.80. The van der Waals surface area contributed by atoms with Crippen molar-refractivity contribution in [2.45, 2.75) is 25.5 Å². The summed E-state index contributed by atoms with van der Waals surface area (Å²) in [6, 6.07) is 4.90. The number of urea groups is 1. The number of aliphatic hydroxyl groups is 1. The molecule has 1 heterocycles. The van der Waals surface area contributed by atoms with Crippen LogP contribution in [0.3, 0.4) is 0 Å². The Kier molecular flexibility index (Phi) is 5.05. The molecule has 2 rings (SSSR count). The molecule has 2 unspecified atom stereocenters. The van der Waals surface area contributed by atoms with Crippen molar-refractivity contribution >= 4 is 12.0 Å².